The normalized spacial score (nSPS) is 14.8. The maximum absolute atomic E-state index is 12.6. The Morgan fingerprint density at radius 2 is 2.11 bits per heavy atom. The van der Waals surface area contributed by atoms with Gasteiger partial charge < -0.3 is 5.32 Å². The minimum atomic E-state index is -4.60. The van der Waals surface area contributed by atoms with E-state index in [9.17, 15) is 17.4 Å². The van der Waals surface area contributed by atoms with Crippen LogP contribution in [0.25, 0.3) is 0 Å². The van der Waals surface area contributed by atoms with E-state index in [1.807, 2.05) is 5.43 Å². The van der Waals surface area contributed by atoms with Crippen molar-refractivity contribution < 1.29 is 17.4 Å². The molecule has 0 fully saturated rings. The number of nitrogens with one attached hydrogen (secondary N) is 2. The van der Waals surface area contributed by atoms with Gasteiger partial charge in [-0.3, -0.25) is 9.63 Å². The Morgan fingerprint density at radius 3 is 2.58 bits per heavy atom. The number of nitrogens with zero attached hydrogens (tertiary/aromatic N) is 2. The standard InChI is InChI=1S/C9H14F3N5OS/c1-5(4-19(2)18)14-7-3-6(9(10,11)12)15-8(16-7)17-13/h3,5H,4,13H2,1-2H3,(H2,14,15,16,17). The van der Waals surface area contributed by atoms with Crippen LogP contribution in [-0.4, -0.2) is 32.2 Å². The van der Waals surface area contributed by atoms with E-state index in [-0.39, 0.29) is 23.6 Å². The van der Waals surface area contributed by atoms with E-state index < -0.39 is 22.7 Å². The molecule has 0 aliphatic heterocycles. The first kappa shape index (κ1) is 15.6. The van der Waals surface area contributed by atoms with Crippen LogP contribution in [0.4, 0.5) is 24.9 Å². The van der Waals surface area contributed by atoms with Crippen LogP contribution >= 0.6 is 0 Å². The molecule has 2 atom stereocenters. The number of rotatable bonds is 5. The molecule has 0 radical (unpaired) electrons. The van der Waals surface area contributed by atoms with Gasteiger partial charge in [-0.1, -0.05) is 0 Å². The predicted octanol–water partition coefficient (Wildman–Crippen LogP) is 0.960. The molecule has 0 bridgehead atoms. The molecule has 108 valence electrons. The fourth-order valence-corrected chi connectivity index (χ4v) is 2.16. The van der Waals surface area contributed by atoms with Crippen LogP contribution in [0.2, 0.25) is 0 Å². The van der Waals surface area contributed by atoms with Crippen molar-refractivity contribution in [2.45, 2.75) is 19.1 Å². The Kier molecular flexibility index (Phi) is 5.06. The van der Waals surface area contributed by atoms with Gasteiger partial charge in [0.25, 0.3) is 0 Å². The van der Waals surface area contributed by atoms with Gasteiger partial charge in [0.05, 0.1) is 0 Å². The van der Waals surface area contributed by atoms with Crippen LogP contribution in [0.15, 0.2) is 6.07 Å². The summed E-state index contributed by atoms with van der Waals surface area (Å²) in [5, 5.41) is 2.72. The van der Waals surface area contributed by atoms with Gasteiger partial charge in [-0.05, 0) is 6.92 Å². The summed E-state index contributed by atoms with van der Waals surface area (Å²) in [7, 11) is -1.07. The lowest BCUT2D eigenvalue weighted by atomic mass is 10.3. The van der Waals surface area contributed by atoms with Crippen molar-refractivity contribution in [3.63, 3.8) is 0 Å². The monoisotopic (exact) mass is 297 g/mol. The fourth-order valence-electron chi connectivity index (χ4n) is 1.38. The zero-order valence-electron chi connectivity index (χ0n) is 10.3. The van der Waals surface area contributed by atoms with Crippen molar-refractivity contribution >= 4 is 22.6 Å². The van der Waals surface area contributed by atoms with Crippen molar-refractivity contribution in [1.82, 2.24) is 9.97 Å². The molecule has 1 rings (SSSR count). The zero-order valence-corrected chi connectivity index (χ0v) is 11.1. The van der Waals surface area contributed by atoms with Gasteiger partial charge in [0, 0.05) is 34.9 Å². The Bertz CT molecular complexity index is 468. The highest BCUT2D eigenvalue weighted by atomic mass is 32.2. The van der Waals surface area contributed by atoms with Gasteiger partial charge in [-0.25, -0.2) is 10.8 Å². The number of hydrogen-bond acceptors (Lipinski definition) is 6. The molecule has 0 aliphatic carbocycles. The first-order chi connectivity index (χ1) is 8.72. The highest BCUT2D eigenvalue weighted by Gasteiger charge is 2.33. The summed E-state index contributed by atoms with van der Waals surface area (Å²) in [5.41, 5.74) is 0.863. The molecule has 0 saturated heterocycles. The van der Waals surface area contributed by atoms with E-state index in [0.29, 0.717) is 0 Å². The van der Waals surface area contributed by atoms with Crippen LogP contribution in [0.1, 0.15) is 12.6 Å². The molecule has 1 heterocycles. The van der Waals surface area contributed by atoms with E-state index in [0.717, 1.165) is 6.07 Å². The molecular weight excluding hydrogens is 283 g/mol. The number of halogens is 3. The number of anilines is 2. The topological polar surface area (TPSA) is 92.9 Å². The quantitative estimate of drug-likeness (QED) is 0.554. The largest absolute Gasteiger partial charge is 0.433 e. The molecule has 4 N–H and O–H groups in total. The number of aromatic nitrogens is 2. The Morgan fingerprint density at radius 1 is 1.47 bits per heavy atom. The SMILES string of the molecule is CC(CS(C)=O)Nc1cc(C(F)(F)F)nc(NN)n1. The summed E-state index contributed by atoms with van der Waals surface area (Å²) in [6.07, 6.45) is -3.09. The Balaban J connectivity index is 2.97. The summed E-state index contributed by atoms with van der Waals surface area (Å²) in [6, 6.07) is 0.475. The van der Waals surface area contributed by atoms with E-state index in [4.69, 9.17) is 5.84 Å². The second-order valence-corrected chi connectivity index (χ2v) is 5.37. The number of hydrogen-bond donors (Lipinski definition) is 3. The Labute approximate surface area is 110 Å². The molecule has 0 amide bonds. The van der Waals surface area contributed by atoms with Gasteiger partial charge >= 0.3 is 6.18 Å². The second-order valence-electron chi connectivity index (χ2n) is 3.89. The lowest BCUT2D eigenvalue weighted by Crippen LogP contribution is -2.24. The maximum atomic E-state index is 12.6. The van der Waals surface area contributed by atoms with Crippen LogP contribution in [-0.2, 0) is 17.0 Å². The van der Waals surface area contributed by atoms with Crippen molar-refractivity contribution in [3.8, 4) is 0 Å². The first-order valence-corrected chi connectivity index (χ1v) is 6.94. The average molecular weight is 297 g/mol. The van der Waals surface area contributed by atoms with Crippen LogP contribution < -0.4 is 16.6 Å². The molecular formula is C9H14F3N5OS. The van der Waals surface area contributed by atoms with Crippen LogP contribution in [0.5, 0.6) is 0 Å². The summed E-state index contributed by atoms with van der Waals surface area (Å²) in [4.78, 5) is 6.97. The number of nitrogens with two attached hydrogens (primary N) is 1. The summed E-state index contributed by atoms with van der Waals surface area (Å²) >= 11 is 0. The van der Waals surface area contributed by atoms with Crippen molar-refractivity contribution in [3.05, 3.63) is 11.8 Å². The molecule has 0 saturated carbocycles. The van der Waals surface area contributed by atoms with Crippen LogP contribution in [0, 0.1) is 0 Å². The predicted molar refractivity (Wildman–Crippen MR) is 66.9 cm³/mol. The lowest BCUT2D eigenvalue weighted by Gasteiger charge is -2.15. The third-order valence-corrected chi connectivity index (χ3v) is 2.99. The van der Waals surface area contributed by atoms with Gasteiger partial charge in [-0.2, -0.15) is 18.2 Å². The maximum Gasteiger partial charge on any atom is 0.433 e. The molecule has 0 aromatic carbocycles. The zero-order chi connectivity index (χ0) is 14.6. The molecule has 1 aromatic rings. The molecule has 0 aliphatic rings. The van der Waals surface area contributed by atoms with Crippen molar-refractivity contribution in [1.29, 1.82) is 0 Å². The van der Waals surface area contributed by atoms with Crippen LogP contribution in [0.3, 0.4) is 0 Å². The molecule has 10 heteroatoms. The highest BCUT2D eigenvalue weighted by Crippen LogP contribution is 2.29. The van der Waals surface area contributed by atoms with Crippen molar-refractivity contribution in [2.75, 3.05) is 22.8 Å². The third-order valence-electron chi connectivity index (χ3n) is 2.02. The van der Waals surface area contributed by atoms with E-state index in [1.165, 1.54) is 6.26 Å². The van der Waals surface area contributed by atoms with E-state index >= 15 is 0 Å². The van der Waals surface area contributed by atoms with E-state index in [2.05, 4.69) is 15.3 Å². The van der Waals surface area contributed by atoms with Gasteiger partial charge in [-0.15, -0.1) is 0 Å². The number of nitrogen functional groups attached to an aromatic ring is 1. The molecule has 2 unspecified atom stereocenters. The molecule has 1 aromatic heterocycles. The van der Waals surface area contributed by atoms with Crippen molar-refractivity contribution in [2.24, 2.45) is 5.84 Å². The van der Waals surface area contributed by atoms with E-state index in [1.54, 1.807) is 6.92 Å². The highest BCUT2D eigenvalue weighted by molar-refractivity contribution is 7.84. The Hall–Kier alpha value is -1.42. The average Bonchev–Trinajstić information content (AvgIpc) is 2.25. The molecule has 19 heavy (non-hydrogen) atoms. The van der Waals surface area contributed by atoms with Gasteiger partial charge in [0.15, 0.2) is 5.69 Å². The van der Waals surface area contributed by atoms with Gasteiger partial charge in [0.1, 0.15) is 5.82 Å². The molecule has 6 nitrogen and oxygen atoms in total. The minimum Gasteiger partial charge on any atom is -0.367 e. The third kappa shape index (κ3) is 4.99. The number of alkyl halides is 3. The first-order valence-electron chi connectivity index (χ1n) is 5.22. The summed E-state index contributed by atoms with van der Waals surface area (Å²) in [5.74, 6) is 4.93. The lowest BCUT2D eigenvalue weighted by molar-refractivity contribution is -0.141. The fraction of sp³-hybridized carbons (Fsp3) is 0.556. The second kappa shape index (κ2) is 6.15. The smallest absolute Gasteiger partial charge is 0.367 e. The number of hydrazine groups is 1. The summed E-state index contributed by atoms with van der Waals surface area (Å²) < 4.78 is 48.8. The van der Waals surface area contributed by atoms with Gasteiger partial charge in [0.2, 0.25) is 5.95 Å². The summed E-state index contributed by atoms with van der Waals surface area (Å²) in [6.45, 7) is 1.69. The minimum absolute atomic E-state index is 0.0341. The molecule has 0 spiro atoms.